The van der Waals surface area contributed by atoms with E-state index in [2.05, 4.69) is 17.5 Å². The van der Waals surface area contributed by atoms with Crippen LogP contribution >= 0.6 is 0 Å². The first-order valence-electron chi connectivity index (χ1n) is 7.42. The molecule has 23 heavy (non-hydrogen) atoms. The maximum absolute atomic E-state index is 12.8. The molecule has 1 amide bonds. The molecule has 2 aromatic carbocycles. The van der Waals surface area contributed by atoms with E-state index in [4.69, 9.17) is 4.74 Å². The number of rotatable bonds is 6. The smallest absolute Gasteiger partial charge is 0.280 e. The molecule has 0 spiro atoms. The maximum atomic E-state index is 12.8. The van der Waals surface area contributed by atoms with E-state index in [0.717, 1.165) is 6.42 Å². The van der Waals surface area contributed by atoms with Crippen LogP contribution < -0.4 is 10.2 Å². The molecule has 0 fully saturated rings. The number of carbonyl (C=O) groups is 1. The summed E-state index contributed by atoms with van der Waals surface area (Å²) in [6.07, 6.45) is 1.72. The molecule has 0 heterocycles. The lowest BCUT2D eigenvalue weighted by Crippen LogP contribution is -2.33. The van der Waals surface area contributed by atoms with Gasteiger partial charge in [0, 0.05) is 0 Å². The third-order valence-electron chi connectivity index (χ3n) is 3.27. The molecule has 0 aliphatic carbocycles. The number of aryl methyl sites for hydroxylation is 1. The van der Waals surface area contributed by atoms with Gasteiger partial charge in [-0.05, 0) is 48.7 Å². The van der Waals surface area contributed by atoms with Gasteiger partial charge in [0.1, 0.15) is 11.6 Å². The van der Waals surface area contributed by atoms with E-state index in [0.29, 0.717) is 11.3 Å². The van der Waals surface area contributed by atoms with Gasteiger partial charge >= 0.3 is 0 Å². The summed E-state index contributed by atoms with van der Waals surface area (Å²) in [5.74, 6) is -0.0439. The fourth-order valence-corrected chi connectivity index (χ4v) is 1.87. The van der Waals surface area contributed by atoms with Gasteiger partial charge in [0.2, 0.25) is 0 Å². The van der Waals surface area contributed by atoms with Crippen LogP contribution in [0.4, 0.5) is 4.39 Å². The van der Waals surface area contributed by atoms with Crippen molar-refractivity contribution in [3.05, 3.63) is 65.5 Å². The lowest BCUT2D eigenvalue weighted by Gasteiger charge is -2.13. The fraction of sp³-hybridized carbons (Fsp3) is 0.222. The number of carbonyl (C=O) groups excluding carboxylic acids is 1. The van der Waals surface area contributed by atoms with E-state index < -0.39 is 6.10 Å². The van der Waals surface area contributed by atoms with Crippen LogP contribution in [0.3, 0.4) is 0 Å². The van der Waals surface area contributed by atoms with Gasteiger partial charge in [0.05, 0.1) is 6.21 Å². The van der Waals surface area contributed by atoms with Crippen molar-refractivity contribution >= 4 is 12.1 Å². The summed E-state index contributed by atoms with van der Waals surface area (Å²) >= 11 is 0. The van der Waals surface area contributed by atoms with Crippen molar-refractivity contribution in [1.82, 2.24) is 5.43 Å². The van der Waals surface area contributed by atoms with Gasteiger partial charge in [-0.3, -0.25) is 4.79 Å². The molecule has 2 aromatic rings. The van der Waals surface area contributed by atoms with Crippen molar-refractivity contribution in [3.8, 4) is 5.75 Å². The number of amides is 1. The molecule has 1 N–H and O–H groups in total. The van der Waals surface area contributed by atoms with E-state index in [-0.39, 0.29) is 11.7 Å². The van der Waals surface area contributed by atoms with E-state index in [1.807, 2.05) is 24.3 Å². The summed E-state index contributed by atoms with van der Waals surface area (Å²) in [6, 6.07) is 13.4. The molecule has 0 radical (unpaired) electrons. The van der Waals surface area contributed by atoms with Gasteiger partial charge in [0.15, 0.2) is 6.10 Å². The van der Waals surface area contributed by atoms with Crippen LogP contribution in [0.15, 0.2) is 53.6 Å². The SMILES string of the molecule is CCc1ccc(OC(C)C(=O)NN=Cc2ccc(F)cc2)cc1. The zero-order chi connectivity index (χ0) is 16.7. The lowest BCUT2D eigenvalue weighted by molar-refractivity contribution is -0.127. The molecule has 4 nitrogen and oxygen atoms in total. The number of benzene rings is 2. The molecule has 0 saturated heterocycles. The lowest BCUT2D eigenvalue weighted by atomic mass is 10.2. The number of nitrogens with one attached hydrogen (secondary N) is 1. The minimum Gasteiger partial charge on any atom is -0.481 e. The Hall–Kier alpha value is -2.69. The van der Waals surface area contributed by atoms with Crippen molar-refractivity contribution in [2.75, 3.05) is 0 Å². The predicted molar refractivity (Wildman–Crippen MR) is 88.0 cm³/mol. The summed E-state index contributed by atoms with van der Waals surface area (Å²) in [5.41, 5.74) is 4.30. The van der Waals surface area contributed by atoms with Crippen molar-refractivity contribution in [2.45, 2.75) is 26.4 Å². The van der Waals surface area contributed by atoms with E-state index in [1.165, 1.54) is 23.9 Å². The molecule has 0 aliphatic rings. The monoisotopic (exact) mass is 314 g/mol. The first-order valence-corrected chi connectivity index (χ1v) is 7.42. The van der Waals surface area contributed by atoms with Crippen molar-refractivity contribution in [2.24, 2.45) is 5.10 Å². The number of ether oxygens (including phenoxy) is 1. The predicted octanol–water partition coefficient (Wildman–Crippen LogP) is 3.31. The Labute approximate surface area is 135 Å². The molecule has 2 rings (SSSR count). The van der Waals surface area contributed by atoms with E-state index >= 15 is 0 Å². The molecule has 120 valence electrons. The van der Waals surface area contributed by atoms with Crippen LogP contribution in [-0.4, -0.2) is 18.2 Å². The molecule has 5 heteroatoms. The first-order chi connectivity index (χ1) is 11.1. The molecular weight excluding hydrogens is 295 g/mol. The summed E-state index contributed by atoms with van der Waals surface area (Å²) in [4.78, 5) is 11.9. The Balaban J connectivity index is 1.85. The minimum atomic E-state index is -0.673. The zero-order valence-corrected chi connectivity index (χ0v) is 13.1. The second-order valence-electron chi connectivity index (χ2n) is 5.04. The minimum absolute atomic E-state index is 0.317. The van der Waals surface area contributed by atoms with Gasteiger partial charge in [-0.2, -0.15) is 5.10 Å². The van der Waals surface area contributed by atoms with Crippen LogP contribution in [0.2, 0.25) is 0 Å². The van der Waals surface area contributed by atoms with Crippen molar-refractivity contribution in [1.29, 1.82) is 0 Å². The highest BCUT2D eigenvalue weighted by molar-refractivity contribution is 5.84. The third-order valence-corrected chi connectivity index (χ3v) is 3.27. The van der Waals surface area contributed by atoms with Gasteiger partial charge in [-0.25, -0.2) is 9.82 Å². The highest BCUT2D eigenvalue weighted by atomic mass is 19.1. The summed E-state index contributed by atoms with van der Waals surface area (Å²) in [7, 11) is 0. The molecule has 0 saturated carbocycles. The van der Waals surface area contributed by atoms with E-state index in [9.17, 15) is 9.18 Å². The van der Waals surface area contributed by atoms with E-state index in [1.54, 1.807) is 19.1 Å². The largest absolute Gasteiger partial charge is 0.481 e. The van der Waals surface area contributed by atoms with Crippen molar-refractivity contribution < 1.29 is 13.9 Å². The Morgan fingerprint density at radius 3 is 2.48 bits per heavy atom. The summed E-state index contributed by atoms with van der Waals surface area (Å²) in [5, 5.41) is 3.83. The molecule has 0 bridgehead atoms. The normalized spacial score (nSPS) is 12.1. The molecule has 0 aliphatic heterocycles. The van der Waals surface area contributed by atoms with Crippen LogP contribution in [-0.2, 0) is 11.2 Å². The Morgan fingerprint density at radius 2 is 1.87 bits per heavy atom. The average molecular weight is 314 g/mol. The van der Waals surface area contributed by atoms with Gasteiger partial charge in [-0.1, -0.05) is 31.2 Å². The van der Waals surface area contributed by atoms with Gasteiger partial charge in [-0.15, -0.1) is 0 Å². The molecular formula is C18H19FN2O2. The highest BCUT2D eigenvalue weighted by Gasteiger charge is 2.13. The Bertz CT molecular complexity index is 666. The molecule has 0 aromatic heterocycles. The van der Waals surface area contributed by atoms with Gasteiger partial charge in [0.25, 0.3) is 5.91 Å². The Kier molecular flexibility index (Phi) is 5.86. The van der Waals surface area contributed by atoms with Crippen LogP contribution in [0.25, 0.3) is 0 Å². The van der Waals surface area contributed by atoms with Crippen LogP contribution in [0, 0.1) is 5.82 Å². The maximum Gasteiger partial charge on any atom is 0.280 e. The Morgan fingerprint density at radius 1 is 1.22 bits per heavy atom. The quantitative estimate of drug-likeness (QED) is 0.657. The number of hydrogen-bond donors (Lipinski definition) is 1. The molecule has 1 atom stereocenters. The number of nitrogens with zero attached hydrogens (tertiary/aromatic N) is 1. The van der Waals surface area contributed by atoms with Gasteiger partial charge < -0.3 is 4.74 Å². The third kappa shape index (κ3) is 5.21. The van der Waals surface area contributed by atoms with Crippen molar-refractivity contribution in [3.63, 3.8) is 0 Å². The topological polar surface area (TPSA) is 50.7 Å². The average Bonchev–Trinajstić information content (AvgIpc) is 2.57. The van der Waals surface area contributed by atoms with Crippen LogP contribution in [0.5, 0.6) is 5.75 Å². The number of hydrazone groups is 1. The number of hydrogen-bond acceptors (Lipinski definition) is 3. The molecule has 1 unspecified atom stereocenters. The summed E-state index contributed by atoms with van der Waals surface area (Å²) < 4.78 is 18.3. The second-order valence-corrected chi connectivity index (χ2v) is 5.04. The number of halogens is 1. The highest BCUT2D eigenvalue weighted by Crippen LogP contribution is 2.14. The first kappa shape index (κ1) is 16.7. The zero-order valence-electron chi connectivity index (χ0n) is 13.1. The second kappa shape index (κ2) is 8.08. The fourth-order valence-electron chi connectivity index (χ4n) is 1.87. The summed E-state index contributed by atoms with van der Waals surface area (Å²) in [6.45, 7) is 3.72. The standard InChI is InChI=1S/C18H19FN2O2/c1-3-14-6-10-17(11-7-14)23-13(2)18(22)21-20-12-15-4-8-16(19)9-5-15/h4-13H,3H2,1-2H3,(H,21,22). The van der Waals surface area contributed by atoms with Crippen LogP contribution in [0.1, 0.15) is 25.0 Å².